The first-order valence-corrected chi connectivity index (χ1v) is 11.5. The van der Waals surface area contributed by atoms with Crippen LogP contribution in [0.1, 0.15) is 38.8 Å². The summed E-state index contributed by atoms with van der Waals surface area (Å²) in [6.45, 7) is 6.96. The Bertz CT molecular complexity index is 1180. The maximum absolute atomic E-state index is 9.64. The summed E-state index contributed by atoms with van der Waals surface area (Å²) in [6, 6.07) is 19.1. The lowest BCUT2D eigenvalue weighted by Gasteiger charge is -2.21. The Morgan fingerprint density at radius 1 is 1.00 bits per heavy atom. The lowest BCUT2D eigenvalue weighted by molar-refractivity contribution is 0.271. The predicted octanol–water partition coefficient (Wildman–Crippen LogP) is 4.89. The van der Waals surface area contributed by atoms with Gasteiger partial charge in [-0.05, 0) is 37.0 Å². The summed E-state index contributed by atoms with van der Waals surface area (Å²) < 4.78 is 2.05. The molecule has 0 aliphatic rings. The monoisotopic (exact) mass is 444 g/mol. The van der Waals surface area contributed by atoms with Crippen molar-refractivity contribution in [3.63, 3.8) is 0 Å². The third-order valence-electron chi connectivity index (χ3n) is 5.85. The first kappa shape index (κ1) is 22.7. The molecule has 4 rings (SSSR count). The molecule has 0 unspecified atom stereocenters. The van der Waals surface area contributed by atoms with Gasteiger partial charge in [0.2, 0.25) is 5.95 Å². The highest BCUT2D eigenvalue weighted by Gasteiger charge is 2.19. The number of aromatic nitrogens is 4. The summed E-state index contributed by atoms with van der Waals surface area (Å²) in [5.41, 5.74) is 5.15. The van der Waals surface area contributed by atoms with Crippen molar-refractivity contribution in [2.75, 3.05) is 23.9 Å². The van der Waals surface area contributed by atoms with E-state index in [-0.39, 0.29) is 18.7 Å². The van der Waals surface area contributed by atoms with E-state index in [2.05, 4.69) is 77.6 Å². The van der Waals surface area contributed by atoms with Gasteiger partial charge < -0.3 is 19.9 Å². The van der Waals surface area contributed by atoms with Crippen molar-refractivity contribution >= 4 is 22.9 Å². The molecule has 0 spiro atoms. The quantitative estimate of drug-likeness (QED) is 0.383. The summed E-state index contributed by atoms with van der Waals surface area (Å²) in [5, 5.41) is 12.9. The number of anilines is 2. The summed E-state index contributed by atoms with van der Waals surface area (Å²) >= 11 is 0. The molecule has 7 heteroatoms. The van der Waals surface area contributed by atoms with Crippen LogP contribution in [0.3, 0.4) is 0 Å². The van der Waals surface area contributed by atoms with E-state index in [1.165, 1.54) is 16.7 Å². The van der Waals surface area contributed by atoms with Crippen LogP contribution in [0.25, 0.3) is 22.3 Å². The van der Waals surface area contributed by atoms with Gasteiger partial charge in [-0.2, -0.15) is 9.97 Å². The van der Waals surface area contributed by atoms with Crippen LogP contribution in [-0.4, -0.2) is 44.3 Å². The van der Waals surface area contributed by atoms with Crippen molar-refractivity contribution in [3.8, 4) is 11.1 Å². The molecule has 7 nitrogen and oxygen atoms in total. The molecule has 0 saturated carbocycles. The van der Waals surface area contributed by atoms with E-state index in [0.29, 0.717) is 12.5 Å². The summed E-state index contributed by atoms with van der Waals surface area (Å²) in [6.07, 6.45) is 2.60. The second kappa shape index (κ2) is 10.0. The zero-order chi connectivity index (χ0) is 23.4. The molecule has 1 atom stereocenters. The zero-order valence-corrected chi connectivity index (χ0v) is 19.7. The molecule has 172 valence electrons. The van der Waals surface area contributed by atoms with Crippen LogP contribution in [0.4, 0.5) is 11.8 Å². The number of benzene rings is 2. The second-order valence-electron chi connectivity index (χ2n) is 8.64. The highest BCUT2D eigenvalue weighted by Crippen LogP contribution is 2.27. The maximum atomic E-state index is 9.64. The fraction of sp³-hybridized carbons (Fsp3) is 0.346. The third-order valence-corrected chi connectivity index (χ3v) is 5.85. The molecule has 4 aromatic rings. The average Bonchev–Trinajstić information content (AvgIpc) is 3.27. The Morgan fingerprint density at radius 3 is 2.33 bits per heavy atom. The zero-order valence-electron chi connectivity index (χ0n) is 19.7. The molecule has 0 saturated heterocycles. The standard InChI is InChI=1S/C26H32N6O/c1-5-22(16-33)28-26-29-24(23-25(30-26)32(17-27-23)18(2)3)31(4)15-19-11-13-21(14-12-19)20-9-7-6-8-10-20/h6-14,17-18,22,33H,5,15-16H2,1-4H3,(H,28,29,30)/t22-/m1/s1. The molecule has 2 N–H and O–H groups in total. The van der Waals surface area contributed by atoms with E-state index in [1.807, 2.05) is 30.9 Å². The highest BCUT2D eigenvalue weighted by molar-refractivity contribution is 5.85. The van der Waals surface area contributed by atoms with Crippen LogP contribution in [0, 0.1) is 0 Å². The topological polar surface area (TPSA) is 79.1 Å². The highest BCUT2D eigenvalue weighted by atomic mass is 16.3. The van der Waals surface area contributed by atoms with Gasteiger partial charge in [0.1, 0.15) is 0 Å². The minimum Gasteiger partial charge on any atom is -0.394 e. The molecule has 0 aliphatic carbocycles. The number of hydrogen-bond acceptors (Lipinski definition) is 6. The number of rotatable bonds is 9. The first-order valence-electron chi connectivity index (χ1n) is 11.5. The van der Waals surface area contributed by atoms with E-state index in [0.717, 1.165) is 23.4 Å². The van der Waals surface area contributed by atoms with Gasteiger partial charge in [0.25, 0.3) is 0 Å². The van der Waals surface area contributed by atoms with Crippen LogP contribution in [0.2, 0.25) is 0 Å². The van der Waals surface area contributed by atoms with Crippen molar-refractivity contribution in [1.82, 2.24) is 19.5 Å². The smallest absolute Gasteiger partial charge is 0.227 e. The molecule has 0 radical (unpaired) electrons. The summed E-state index contributed by atoms with van der Waals surface area (Å²) in [7, 11) is 2.02. The van der Waals surface area contributed by atoms with Gasteiger partial charge in [-0.25, -0.2) is 4.98 Å². The largest absolute Gasteiger partial charge is 0.394 e. The summed E-state index contributed by atoms with van der Waals surface area (Å²) in [5.74, 6) is 1.27. The molecular weight excluding hydrogens is 412 g/mol. The Morgan fingerprint density at radius 2 is 1.70 bits per heavy atom. The van der Waals surface area contributed by atoms with Crippen LogP contribution in [-0.2, 0) is 6.54 Å². The SMILES string of the molecule is CC[C@H](CO)Nc1nc(N(C)Cc2ccc(-c3ccccc3)cc2)c2ncn(C(C)C)c2n1. The Labute approximate surface area is 195 Å². The number of imidazole rings is 1. The summed E-state index contributed by atoms with van der Waals surface area (Å²) in [4.78, 5) is 16.3. The van der Waals surface area contributed by atoms with Crippen molar-refractivity contribution in [1.29, 1.82) is 0 Å². The maximum Gasteiger partial charge on any atom is 0.227 e. The predicted molar refractivity (Wildman–Crippen MR) is 134 cm³/mol. The van der Waals surface area contributed by atoms with Crippen LogP contribution in [0.5, 0.6) is 0 Å². The van der Waals surface area contributed by atoms with Gasteiger partial charge in [-0.15, -0.1) is 0 Å². The van der Waals surface area contributed by atoms with Gasteiger partial charge in [0.05, 0.1) is 19.0 Å². The number of aliphatic hydroxyl groups is 1. The van der Waals surface area contributed by atoms with Crippen LogP contribution in [0.15, 0.2) is 60.9 Å². The lowest BCUT2D eigenvalue weighted by Crippen LogP contribution is -2.25. The van der Waals surface area contributed by atoms with Gasteiger partial charge in [-0.3, -0.25) is 0 Å². The molecular formula is C26H32N6O. The molecule has 2 heterocycles. The molecule has 2 aromatic carbocycles. The second-order valence-corrected chi connectivity index (χ2v) is 8.64. The minimum absolute atomic E-state index is 0.0281. The van der Waals surface area contributed by atoms with Crippen LogP contribution >= 0.6 is 0 Å². The van der Waals surface area contributed by atoms with Crippen molar-refractivity contribution in [3.05, 3.63) is 66.5 Å². The lowest BCUT2D eigenvalue weighted by atomic mass is 10.0. The Hall–Kier alpha value is -3.45. The van der Waals surface area contributed by atoms with E-state index in [4.69, 9.17) is 9.97 Å². The Balaban J connectivity index is 1.64. The minimum atomic E-state index is -0.0958. The van der Waals surface area contributed by atoms with E-state index in [9.17, 15) is 5.11 Å². The van der Waals surface area contributed by atoms with Crippen molar-refractivity contribution < 1.29 is 5.11 Å². The third kappa shape index (κ3) is 4.98. The van der Waals surface area contributed by atoms with E-state index >= 15 is 0 Å². The number of fused-ring (bicyclic) bond motifs is 1. The number of aliphatic hydroxyl groups excluding tert-OH is 1. The number of nitrogens with zero attached hydrogens (tertiary/aromatic N) is 5. The van der Waals surface area contributed by atoms with Gasteiger partial charge in [0, 0.05) is 19.6 Å². The fourth-order valence-corrected chi connectivity index (χ4v) is 3.85. The molecule has 33 heavy (non-hydrogen) atoms. The van der Waals surface area contributed by atoms with Crippen LogP contribution < -0.4 is 10.2 Å². The van der Waals surface area contributed by atoms with Gasteiger partial charge in [0.15, 0.2) is 17.0 Å². The fourth-order valence-electron chi connectivity index (χ4n) is 3.85. The molecule has 0 aliphatic heterocycles. The van der Waals surface area contributed by atoms with Crippen molar-refractivity contribution in [2.24, 2.45) is 0 Å². The number of nitrogens with one attached hydrogen (secondary N) is 1. The van der Waals surface area contributed by atoms with Gasteiger partial charge in [-0.1, -0.05) is 61.5 Å². The number of hydrogen-bond donors (Lipinski definition) is 2. The average molecular weight is 445 g/mol. The Kier molecular flexibility index (Phi) is 6.89. The van der Waals surface area contributed by atoms with Gasteiger partial charge >= 0.3 is 0 Å². The molecule has 2 aromatic heterocycles. The first-order chi connectivity index (χ1) is 16.0. The molecule has 0 amide bonds. The molecule has 0 bridgehead atoms. The molecule has 0 fully saturated rings. The normalized spacial score (nSPS) is 12.3. The van der Waals surface area contributed by atoms with E-state index < -0.39 is 0 Å². The van der Waals surface area contributed by atoms with Crippen molar-refractivity contribution in [2.45, 2.75) is 45.8 Å². The van der Waals surface area contributed by atoms with E-state index in [1.54, 1.807) is 0 Å².